The highest BCUT2D eigenvalue weighted by Gasteiger charge is 2.17. The second-order valence-electron chi connectivity index (χ2n) is 8.23. The minimum absolute atomic E-state index is 0.167. The van der Waals surface area contributed by atoms with Crippen LogP contribution < -0.4 is 21.6 Å². The number of rotatable bonds is 4. The van der Waals surface area contributed by atoms with Gasteiger partial charge in [0.15, 0.2) is 0 Å². The summed E-state index contributed by atoms with van der Waals surface area (Å²) in [6.07, 6.45) is 1.58. The fourth-order valence-corrected chi connectivity index (χ4v) is 4.63. The van der Waals surface area contributed by atoms with Crippen LogP contribution in [0.25, 0.3) is 16.6 Å². The van der Waals surface area contributed by atoms with Crippen molar-refractivity contribution in [1.82, 2.24) is 19.4 Å². The number of halogens is 2. The van der Waals surface area contributed by atoms with Crippen LogP contribution in [-0.4, -0.2) is 52.7 Å². The van der Waals surface area contributed by atoms with Crippen LogP contribution in [0.5, 0.6) is 0 Å². The molecule has 2 aromatic heterocycles. The van der Waals surface area contributed by atoms with Crippen LogP contribution in [0.2, 0.25) is 10.0 Å². The molecule has 0 saturated carbocycles. The molecule has 0 atom stereocenters. The second-order valence-corrected chi connectivity index (χ2v) is 9.05. The van der Waals surface area contributed by atoms with Gasteiger partial charge >= 0.3 is 5.69 Å². The largest absolute Gasteiger partial charge is 0.384 e. The minimum atomic E-state index is -0.575. The van der Waals surface area contributed by atoms with Crippen LogP contribution in [0.4, 0.5) is 23.0 Å². The molecule has 0 unspecified atom stereocenters. The van der Waals surface area contributed by atoms with Crippen molar-refractivity contribution in [2.75, 3.05) is 49.2 Å². The fourth-order valence-electron chi connectivity index (χ4n) is 4.07. The Morgan fingerprint density at radius 1 is 1.00 bits per heavy atom. The third kappa shape index (κ3) is 4.27. The lowest BCUT2D eigenvalue weighted by molar-refractivity contribution is 0.313. The maximum absolute atomic E-state index is 12.8. The van der Waals surface area contributed by atoms with Gasteiger partial charge in [0.2, 0.25) is 0 Å². The summed E-state index contributed by atoms with van der Waals surface area (Å²) >= 11 is 12.6. The molecule has 0 radical (unpaired) electrons. The Kier molecular flexibility index (Phi) is 6.03. The average molecular weight is 496 g/mol. The van der Waals surface area contributed by atoms with E-state index in [1.807, 2.05) is 12.1 Å². The van der Waals surface area contributed by atoms with Crippen molar-refractivity contribution >= 4 is 57.1 Å². The maximum Gasteiger partial charge on any atom is 0.354 e. The number of benzene rings is 2. The van der Waals surface area contributed by atoms with Crippen molar-refractivity contribution in [3.63, 3.8) is 0 Å². The molecule has 4 aromatic rings. The molecule has 1 fully saturated rings. The van der Waals surface area contributed by atoms with Gasteiger partial charge in [0.05, 0.1) is 26.6 Å². The van der Waals surface area contributed by atoms with Gasteiger partial charge in [-0.05, 0) is 43.4 Å². The third-order valence-electron chi connectivity index (χ3n) is 5.98. The number of hydrogen-bond acceptors (Lipinski definition) is 7. The Morgan fingerprint density at radius 3 is 2.35 bits per heavy atom. The number of pyridine rings is 1. The van der Waals surface area contributed by atoms with Crippen molar-refractivity contribution < 1.29 is 0 Å². The predicted octanol–water partition coefficient (Wildman–Crippen LogP) is 4.17. The lowest BCUT2D eigenvalue weighted by atomic mass is 10.2. The smallest absolute Gasteiger partial charge is 0.354 e. The van der Waals surface area contributed by atoms with E-state index in [2.05, 4.69) is 44.3 Å². The highest BCUT2D eigenvalue weighted by Crippen LogP contribution is 2.31. The van der Waals surface area contributed by atoms with Crippen molar-refractivity contribution in [1.29, 1.82) is 0 Å². The van der Waals surface area contributed by atoms with Crippen LogP contribution in [-0.2, 0) is 0 Å². The maximum atomic E-state index is 12.8. The van der Waals surface area contributed by atoms with E-state index in [1.165, 1.54) is 10.3 Å². The van der Waals surface area contributed by atoms with E-state index in [4.69, 9.17) is 28.9 Å². The second kappa shape index (κ2) is 9.13. The fraction of sp³-hybridized carbons (Fsp3) is 0.208. The van der Waals surface area contributed by atoms with Gasteiger partial charge in [-0.25, -0.2) is 14.3 Å². The third-order valence-corrected chi connectivity index (χ3v) is 6.59. The number of nitrogen functional groups attached to an aromatic ring is 1. The van der Waals surface area contributed by atoms with Gasteiger partial charge in [-0.3, -0.25) is 0 Å². The van der Waals surface area contributed by atoms with Gasteiger partial charge in [-0.2, -0.15) is 4.98 Å². The summed E-state index contributed by atoms with van der Waals surface area (Å²) < 4.78 is 1.21. The molecule has 1 aliphatic heterocycles. The molecule has 1 aliphatic rings. The summed E-state index contributed by atoms with van der Waals surface area (Å²) in [5.41, 5.74) is 8.55. The predicted molar refractivity (Wildman–Crippen MR) is 139 cm³/mol. The van der Waals surface area contributed by atoms with Crippen LogP contribution in [0.1, 0.15) is 0 Å². The summed E-state index contributed by atoms with van der Waals surface area (Å²) in [5.74, 6) is 0.722. The standard InChI is InChI=1S/C24H23Cl2N7O/c1-31-9-11-32(12-10-31)16-7-5-15(6-8-16)29-21-13-20-17(14-28-21)23(27)33(24(34)30-20)22-18(25)3-2-4-19(22)26/h2-8,13-14,29H,9-12,27H2,1H3. The number of piperazine rings is 1. The normalized spacial score (nSPS) is 14.5. The van der Waals surface area contributed by atoms with Gasteiger partial charge in [0.1, 0.15) is 11.6 Å². The van der Waals surface area contributed by atoms with E-state index in [0.717, 1.165) is 31.9 Å². The first-order chi connectivity index (χ1) is 16.4. The summed E-state index contributed by atoms with van der Waals surface area (Å²) in [4.78, 5) is 26.2. The highest BCUT2D eigenvalue weighted by molar-refractivity contribution is 6.37. The summed E-state index contributed by atoms with van der Waals surface area (Å²) in [6.45, 7) is 4.14. The molecule has 0 aliphatic carbocycles. The Labute approximate surface area is 206 Å². The molecule has 2 aromatic carbocycles. The average Bonchev–Trinajstić information content (AvgIpc) is 2.82. The molecule has 8 nitrogen and oxygen atoms in total. The van der Waals surface area contributed by atoms with Gasteiger partial charge in [0.25, 0.3) is 0 Å². The number of nitrogens with zero attached hydrogens (tertiary/aromatic N) is 5. The number of para-hydroxylation sites is 1. The van der Waals surface area contributed by atoms with Gasteiger partial charge < -0.3 is 20.9 Å². The van der Waals surface area contributed by atoms with Gasteiger partial charge in [0, 0.05) is 49.8 Å². The summed E-state index contributed by atoms with van der Waals surface area (Å²) in [6, 6.07) is 14.9. The quantitative estimate of drug-likeness (QED) is 0.438. The van der Waals surface area contributed by atoms with Gasteiger partial charge in [-0.1, -0.05) is 29.3 Å². The lowest BCUT2D eigenvalue weighted by Crippen LogP contribution is -2.44. The topological polar surface area (TPSA) is 92.3 Å². The van der Waals surface area contributed by atoms with E-state index in [0.29, 0.717) is 32.5 Å². The molecule has 1 saturated heterocycles. The van der Waals surface area contributed by atoms with Crippen LogP contribution in [0, 0.1) is 0 Å². The van der Waals surface area contributed by atoms with E-state index in [-0.39, 0.29) is 5.82 Å². The van der Waals surface area contributed by atoms with Crippen molar-refractivity contribution in [2.24, 2.45) is 0 Å². The zero-order valence-corrected chi connectivity index (χ0v) is 20.0. The molecule has 174 valence electrons. The Balaban J connectivity index is 1.42. The minimum Gasteiger partial charge on any atom is -0.384 e. The SMILES string of the molecule is CN1CCN(c2ccc(Nc3cc4nc(=O)n(-c5c(Cl)cccc5Cl)c(N)c4cn3)cc2)CC1. The summed E-state index contributed by atoms with van der Waals surface area (Å²) in [5, 5.41) is 4.39. The molecule has 0 bridgehead atoms. The van der Waals surface area contributed by atoms with E-state index >= 15 is 0 Å². The zero-order valence-electron chi connectivity index (χ0n) is 18.5. The molecule has 34 heavy (non-hydrogen) atoms. The summed E-state index contributed by atoms with van der Waals surface area (Å²) in [7, 11) is 2.14. The van der Waals surface area contributed by atoms with Crippen molar-refractivity contribution in [3.05, 3.63) is 75.3 Å². The molecule has 0 amide bonds. The molecule has 10 heteroatoms. The first kappa shape index (κ1) is 22.5. The first-order valence-electron chi connectivity index (χ1n) is 10.8. The lowest BCUT2D eigenvalue weighted by Gasteiger charge is -2.34. The number of likely N-dealkylation sites (N-methyl/N-ethyl adjacent to an activating group) is 1. The molecule has 5 rings (SSSR count). The molecule has 3 heterocycles. The van der Waals surface area contributed by atoms with E-state index < -0.39 is 5.69 Å². The zero-order chi connectivity index (χ0) is 23.8. The molecule has 3 N–H and O–H groups in total. The van der Waals surface area contributed by atoms with E-state index in [1.54, 1.807) is 30.5 Å². The van der Waals surface area contributed by atoms with E-state index in [9.17, 15) is 4.79 Å². The number of nitrogens with two attached hydrogens (primary N) is 1. The Morgan fingerprint density at radius 2 is 1.68 bits per heavy atom. The van der Waals surface area contributed by atoms with Crippen molar-refractivity contribution in [3.8, 4) is 5.69 Å². The number of fused-ring (bicyclic) bond motifs is 1. The van der Waals surface area contributed by atoms with Crippen LogP contribution in [0.3, 0.4) is 0 Å². The number of aromatic nitrogens is 3. The molecular formula is C24H23Cl2N7O. The number of nitrogens with one attached hydrogen (secondary N) is 1. The first-order valence-corrected chi connectivity index (χ1v) is 11.6. The van der Waals surface area contributed by atoms with Crippen LogP contribution in [0.15, 0.2) is 59.5 Å². The van der Waals surface area contributed by atoms with Gasteiger partial charge in [-0.15, -0.1) is 0 Å². The Hall–Kier alpha value is -3.33. The molecule has 0 spiro atoms. The van der Waals surface area contributed by atoms with Crippen LogP contribution >= 0.6 is 23.2 Å². The monoisotopic (exact) mass is 495 g/mol. The Bertz CT molecular complexity index is 1390. The number of hydrogen-bond donors (Lipinski definition) is 2. The molecular weight excluding hydrogens is 473 g/mol. The number of anilines is 4. The van der Waals surface area contributed by atoms with Crippen molar-refractivity contribution in [2.45, 2.75) is 0 Å². The highest BCUT2D eigenvalue weighted by atomic mass is 35.5.